The summed E-state index contributed by atoms with van der Waals surface area (Å²) in [6.07, 6.45) is 0. The summed E-state index contributed by atoms with van der Waals surface area (Å²) in [5, 5.41) is 3.86. The van der Waals surface area contributed by atoms with Gasteiger partial charge in [-0.3, -0.25) is 0 Å². The van der Waals surface area contributed by atoms with Crippen LogP contribution in [-0.2, 0) is 0 Å². The maximum absolute atomic E-state index is 5.76. The van der Waals surface area contributed by atoms with Crippen molar-refractivity contribution in [3.8, 4) is 11.5 Å². The Morgan fingerprint density at radius 2 is 0.900 bits per heavy atom. The highest BCUT2D eigenvalue weighted by Crippen LogP contribution is 2.42. The van der Waals surface area contributed by atoms with Crippen LogP contribution in [0.25, 0.3) is 21.5 Å². The largest absolute Gasteiger partial charge is 0.477 e. The zero-order chi connectivity index (χ0) is 13.9. The van der Waals surface area contributed by atoms with Gasteiger partial charge in [-0.15, -0.1) is 0 Å². The summed E-state index contributed by atoms with van der Waals surface area (Å²) < 4.78 is 11.3. The predicted octanol–water partition coefficient (Wildman–Crippen LogP) is 5.14. The van der Waals surface area contributed by atoms with Gasteiger partial charge in [0.1, 0.15) is 11.5 Å². The number of halogens is 2. The van der Waals surface area contributed by atoms with E-state index in [2.05, 4.69) is 0 Å². The second-order valence-electron chi connectivity index (χ2n) is 4.26. The van der Waals surface area contributed by atoms with Crippen LogP contribution in [0.5, 0.6) is 11.5 Å². The first-order valence-electron chi connectivity index (χ1n) is 6.17. The van der Waals surface area contributed by atoms with Gasteiger partial charge in [-0.1, -0.05) is 71.7 Å². The number of hydrogen-bond acceptors (Lipinski definition) is 2. The highest BCUT2D eigenvalue weighted by atomic mass is 35.5. The molecule has 0 aliphatic carbocycles. The highest BCUT2D eigenvalue weighted by molar-refractivity contribution is 6.18. The van der Waals surface area contributed by atoms with Crippen LogP contribution in [0.2, 0.25) is 0 Å². The Hall–Kier alpha value is -1.64. The van der Waals surface area contributed by atoms with Gasteiger partial charge in [-0.25, -0.2) is 0 Å². The normalized spacial score (nSPS) is 10.9. The molecule has 3 aromatic carbocycles. The van der Waals surface area contributed by atoms with Gasteiger partial charge in [0.05, 0.1) is 0 Å². The summed E-state index contributed by atoms with van der Waals surface area (Å²) >= 11 is 11.5. The fraction of sp³-hybridized carbons (Fsp3) is 0.125. The lowest BCUT2D eigenvalue weighted by molar-refractivity contribution is 0.390. The van der Waals surface area contributed by atoms with E-state index >= 15 is 0 Å². The number of benzene rings is 3. The lowest BCUT2D eigenvalue weighted by atomic mass is 10.0. The third kappa shape index (κ3) is 2.15. The van der Waals surface area contributed by atoms with Crippen LogP contribution >= 0.6 is 23.2 Å². The summed E-state index contributed by atoms with van der Waals surface area (Å²) in [4.78, 5) is 0. The van der Waals surface area contributed by atoms with Gasteiger partial charge in [-0.05, 0) is 0 Å². The fourth-order valence-electron chi connectivity index (χ4n) is 2.47. The van der Waals surface area contributed by atoms with E-state index in [-0.39, 0.29) is 12.1 Å². The minimum Gasteiger partial charge on any atom is -0.477 e. The van der Waals surface area contributed by atoms with E-state index in [1.165, 1.54) is 0 Å². The lowest BCUT2D eigenvalue weighted by Crippen LogP contribution is -1.96. The minimum absolute atomic E-state index is 0.101. The van der Waals surface area contributed by atoms with Crippen LogP contribution in [0, 0.1) is 0 Å². The molecule has 0 saturated carbocycles. The lowest BCUT2D eigenvalue weighted by Gasteiger charge is -2.15. The molecule has 0 radical (unpaired) electrons. The third-order valence-corrected chi connectivity index (χ3v) is 3.45. The summed E-state index contributed by atoms with van der Waals surface area (Å²) in [6, 6.07) is 16.0. The van der Waals surface area contributed by atoms with Gasteiger partial charge in [-0.2, -0.15) is 0 Å². The second kappa shape index (κ2) is 5.78. The van der Waals surface area contributed by atoms with Gasteiger partial charge in [0.15, 0.2) is 12.1 Å². The minimum atomic E-state index is 0.101. The molecule has 0 spiro atoms. The van der Waals surface area contributed by atoms with Crippen LogP contribution in [0.4, 0.5) is 0 Å². The molecule has 20 heavy (non-hydrogen) atoms. The molecule has 4 heteroatoms. The molecule has 3 rings (SSSR count). The molecular weight excluding hydrogens is 295 g/mol. The SMILES string of the molecule is ClCOc1c2ccccc2c(OCCl)c2ccccc12. The van der Waals surface area contributed by atoms with Crippen molar-refractivity contribution >= 4 is 44.7 Å². The maximum Gasteiger partial charge on any atom is 0.162 e. The van der Waals surface area contributed by atoms with Gasteiger partial charge in [0.2, 0.25) is 0 Å². The summed E-state index contributed by atoms with van der Waals surface area (Å²) in [5.41, 5.74) is 0. The Labute approximate surface area is 126 Å². The standard InChI is InChI=1S/C16H12Cl2O2/c17-9-19-15-11-5-1-2-6-12(11)16(20-10-18)14-8-4-3-7-13(14)15/h1-8H,9-10H2. The molecule has 2 nitrogen and oxygen atoms in total. The van der Waals surface area contributed by atoms with Gasteiger partial charge in [0.25, 0.3) is 0 Å². The average molecular weight is 307 g/mol. The van der Waals surface area contributed by atoms with Crippen molar-refractivity contribution in [3.63, 3.8) is 0 Å². The van der Waals surface area contributed by atoms with Crippen molar-refractivity contribution in [1.29, 1.82) is 0 Å². The Bertz CT molecular complexity index is 635. The average Bonchev–Trinajstić information content (AvgIpc) is 2.50. The second-order valence-corrected chi connectivity index (χ2v) is 4.69. The molecule has 102 valence electrons. The first kappa shape index (κ1) is 13.3. The quantitative estimate of drug-likeness (QED) is 0.490. The summed E-state index contributed by atoms with van der Waals surface area (Å²) in [7, 11) is 0. The van der Waals surface area contributed by atoms with Crippen molar-refractivity contribution in [3.05, 3.63) is 48.5 Å². The predicted molar refractivity (Wildman–Crippen MR) is 84.2 cm³/mol. The smallest absolute Gasteiger partial charge is 0.162 e. The molecule has 0 unspecified atom stereocenters. The van der Waals surface area contributed by atoms with E-state index in [0.29, 0.717) is 0 Å². The van der Waals surface area contributed by atoms with Crippen LogP contribution in [0.3, 0.4) is 0 Å². The van der Waals surface area contributed by atoms with Gasteiger partial charge < -0.3 is 9.47 Å². The van der Waals surface area contributed by atoms with E-state index in [4.69, 9.17) is 32.7 Å². The first-order valence-corrected chi connectivity index (χ1v) is 7.24. The Balaban J connectivity index is 2.47. The molecule has 0 aliphatic heterocycles. The van der Waals surface area contributed by atoms with E-state index in [0.717, 1.165) is 33.0 Å². The summed E-state index contributed by atoms with van der Waals surface area (Å²) in [6.45, 7) is 0. The van der Waals surface area contributed by atoms with E-state index in [1.807, 2.05) is 48.5 Å². The molecule has 0 saturated heterocycles. The number of hydrogen-bond donors (Lipinski definition) is 0. The molecule has 0 aliphatic rings. The third-order valence-electron chi connectivity index (χ3n) is 3.23. The molecular formula is C16H12Cl2O2. The number of fused-ring (bicyclic) bond motifs is 2. The van der Waals surface area contributed by atoms with Crippen LogP contribution in [-0.4, -0.2) is 12.1 Å². The molecule has 0 N–H and O–H groups in total. The van der Waals surface area contributed by atoms with Gasteiger partial charge in [0, 0.05) is 21.5 Å². The fourth-order valence-corrected chi connectivity index (χ4v) is 2.69. The highest BCUT2D eigenvalue weighted by Gasteiger charge is 2.15. The van der Waals surface area contributed by atoms with Crippen molar-refractivity contribution < 1.29 is 9.47 Å². The van der Waals surface area contributed by atoms with Crippen molar-refractivity contribution in [1.82, 2.24) is 0 Å². The van der Waals surface area contributed by atoms with Crippen molar-refractivity contribution in [2.75, 3.05) is 12.1 Å². The first-order chi connectivity index (χ1) is 9.86. The van der Waals surface area contributed by atoms with Crippen LogP contribution in [0.15, 0.2) is 48.5 Å². The molecule has 3 aromatic rings. The Kier molecular flexibility index (Phi) is 3.86. The molecule has 0 fully saturated rings. The molecule has 0 aromatic heterocycles. The Morgan fingerprint density at radius 3 is 1.15 bits per heavy atom. The number of rotatable bonds is 4. The van der Waals surface area contributed by atoms with Crippen LogP contribution < -0.4 is 9.47 Å². The van der Waals surface area contributed by atoms with Gasteiger partial charge >= 0.3 is 0 Å². The zero-order valence-corrected chi connectivity index (χ0v) is 12.1. The number of ether oxygens (including phenoxy) is 2. The summed E-state index contributed by atoms with van der Waals surface area (Å²) in [5.74, 6) is 1.54. The van der Waals surface area contributed by atoms with E-state index in [1.54, 1.807) is 0 Å². The molecule has 0 amide bonds. The monoisotopic (exact) mass is 306 g/mol. The van der Waals surface area contributed by atoms with E-state index in [9.17, 15) is 0 Å². The zero-order valence-electron chi connectivity index (χ0n) is 10.6. The maximum atomic E-state index is 5.76. The molecule has 0 heterocycles. The molecule has 0 bridgehead atoms. The van der Waals surface area contributed by atoms with Crippen molar-refractivity contribution in [2.24, 2.45) is 0 Å². The van der Waals surface area contributed by atoms with E-state index < -0.39 is 0 Å². The number of alkyl halides is 2. The topological polar surface area (TPSA) is 18.5 Å². The van der Waals surface area contributed by atoms with Crippen molar-refractivity contribution in [2.45, 2.75) is 0 Å². The Morgan fingerprint density at radius 1 is 0.600 bits per heavy atom. The van der Waals surface area contributed by atoms with Crippen LogP contribution in [0.1, 0.15) is 0 Å². The molecule has 0 atom stereocenters.